The number of aliphatic hydroxyl groups is 1. The minimum atomic E-state index is -0.544. The molecule has 9 heteroatoms. The Hall–Kier alpha value is -4.41. The summed E-state index contributed by atoms with van der Waals surface area (Å²) in [6, 6.07) is 29.0. The summed E-state index contributed by atoms with van der Waals surface area (Å²) in [5.41, 5.74) is 8.70. The monoisotopic (exact) mass is 757 g/mol. The van der Waals surface area contributed by atoms with Crippen molar-refractivity contribution >= 4 is 6.03 Å². The number of hydrogen-bond acceptors (Lipinski definition) is 7. The standard InChI is InChI=1S/C47H55N3O6/c1-53-43-20-37-15-16-50(27-39(37)21-44(43)54-2)28-40-22-42(35-9-7-30(29-51)8-10-35)56-45(55-40)36-13-11-34(12-14-36)41-6-4-3-5-38(41)26-48-46(52)49-47-23-31-17-32(24-47)19-33(18-31)25-47/h3-14,20-21,31-33,40,42,45,51H,15-19,22-29H2,1-2H3,(H2,48,49,52). The number of hydrogen-bond donors (Lipinski definition) is 3. The molecule has 2 aliphatic heterocycles. The van der Waals surface area contributed by atoms with Gasteiger partial charge in [-0.3, -0.25) is 4.90 Å². The smallest absolute Gasteiger partial charge is 0.315 e. The number of carbonyl (C=O) groups excluding carboxylic acids is 1. The molecule has 3 atom stereocenters. The highest BCUT2D eigenvalue weighted by Crippen LogP contribution is 2.55. The van der Waals surface area contributed by atoms with Crippen LogP contribution >= 0.6 is 0 Å². The number of nitrogens with zero attached hydrogens (tertiary/aromatic N) is 1. The van der Waals surface area contributed by atoms with E-state index in [1.165, 1.54) is 30.4 Å². The Balaban J connectivity index is 0.889. The lowest BCUT2D eigenvalue weighted by molar-refractivity contribution is -0.253. The molecular weight excluding hydrogens is 703 g/mol. The fourth-order valence-electron chi connectivity index (χ4n) is 10.9. The van der Waals surface area contributed by atoms with Gasteiger partial charge in [0.1, 0.15) is 0 Å². The van der Waals surface area contributed by atoms with Gasteiger partial charge < -0.3 is 34.7 Å². The molecule has 0 aromatic heterocycles. The van der Waals surface area contributed by atoms with Crippen molar-refractivity contribution in [3.05, 3.63) is 118 Å². The van der Waals surface area contributed by atoms with E-state index in [0.717, 1.165) is 114 Å². The number of methoxy groups -OCH3 is 2. The van der Waals surface area contributed by atoms with Crippen molar-refractivity contribution < 1.29 is 28.8 Å². The zero-order valence-corrected chi connectivity index (χ0v) is 32.7. The van der Waals surface area contributed by atoms with Crippen molar-refractivity contribution in [1.29, 1.82) is 0 Å². The lowest BCUT2D eigenvalue weighted by Gasteiger charge is -2.56. The summed E-state index contributed by atoms with van der Waals surface area (Å²) in [6.07, 6.45) is 8.37. The Kier molecular flexibility index (Phi) is 10.5. The average molecular weight is 758 g/mol. The van der Waals surface area contributed by atoms with Crippen LogP contribution in [0.5, 0.6) is 11.5 Å². The van der Waals surface area contributed by atoms with E-state index in [2.05, 4.69) is 82.3 Å². The van der Waals surface area contributed by atoms with E-state index >= 15 is 0 Å². The third-order valence-electron chi connectivity index (χ3n) is 13.2. The molecule has 4 aromatic rings. The van der Waals surface area contributed by atoms with Gasteiger partial charge in [0.2, 0.25) is 0 Å². The topological polar surface area (TPSA) is 102 Å². The number of urea groups is 1. The Bertz CT molecular complexity index is 1980. The summed E-state index contributed by atoms with van der Waals surface area (Å²) in [4.78, 5) is 15.8. The maximum atomic E-state index is 13.3. The number of ether oxygens (including phenoxy) is 4. The fourth-order valence-corrected chi connectivity index (χ4v) is 10.9. The Labute approximate surface area is 330 Å². The van der Waals surface area contributed by atoms with Gasteiger partial charge in [-0.05, 0) is 114 Å². The SMILES string of the molecule is COc1cc2c(cc1OC)CN(CC1CC(c3ccc(CO)cc3)OC(c3ccc(-c4ccccc4CNC(=O)NC45CC6CC(CC(C6)C4)C5)cc3)O1)CC2. The van der Waals surface area contributed by atoms with Gasteiger partial charge in [0.25, 0.3) is 0 Å². The summed E-state index contributed by atoms with van der Waals surface area (Å²) in [5.74, 6) is 3.88. The van der Waals surface area contributed by atoms with Crippen LogP contribution in [0.4, 0.5) is 4.79 Å². The first-order chi connectivity index (χ1) is 27.4. The molecule has 6 aliphatic rings. The quantitative estimate of drug-likeness (QED) is 0.142. The zero-order chi connectivity index (χ0) is 38.2. The van der Waals surface area contributed by atoms with Crippen LogP contribution in [0.1, 0.15) is 90.7 Å². The van der Waals surface area contributed by atoms with Crippen LogP contribution in [0.25, 0.3) is 11.1 Å². The van der Waals surface area contributed by atoms with E-state index in [0.29, 0.717) is 6.54 Å². The number of aliphatic hydroxyl groups excluding tert-OH is 1. The lowest BCUT2D eigenvalue weighted by Crippen LogP contribution is -2.61. The van der Waals surface area contributed by atoms with Crippen LogP contribution in [0.2, 0.25) is 0 Å². The molecule has 5 fully saturated rings. The number of rotatable bonds is 11. The number of carbonyl (C=O) groups is 1. The normalized spacial score (nSPS) is 28.1. The summed E-state index contributed by atoms with van der Waals surface area (Å²) in [6.45, 7) is 2.98. The molecule has 2 amide bonds. The van der Waals surface area contributed by atoms with E-state index in [9.17, 15) is 9.90 Å². The predicted molar refractivity (Wildman–Crippen MR) is 215 cm³/mol. The first-order valence-corrected chi connectivity index (χ1v) is 20.6. The van der Waals surface area contributed by atoms with Gasteiger partial charge in [-0.2, -0.15) is 0 Å². The molecule has 3 unspecified atom stereocenters. The summed E-state index contributed by atoms with van der Waals surface area (Å²) in [5, 5.41) is 16.3. The highest BCUT2D eigenvalue weighted by atomic mass is 16.7. The average Bonchev–Trinajstić information content (AvgIpc) is 3.22. The van der Waals surface area contributed by atoms with Crippen molar-refractivity contribution in [2.75, 3.05) is 27.3 Å². The van der Waals surface area contributed by atoms with Crippen LogP contribution in [-0.2, 0) is 35.6 Å². The number of nitrogens with one attached hydrogen (secondary N) is 2. The molecule has 0 radical (unpaired) electrons. The first kappa shape index (κ1) is 37.2. The van der Waals surface area contributed by atoms with Crippen LogP contribution in [0, 0.1) is 17.8 Å². The fraction of sp³-hybridized carbons (Fsp3) is 0.468. The molecule has 4 bridgehead atoms. The van der Waals surface area contributed by atoms with Crippen molar-refractivity contribution in [3.63, 3.8) is 0 Å². The molecule has 294 valence electrons. The number of benzene rings is 4. The zero-order valence-electron chi connectivity index (χ0n) is 32.7. The molecule has 3 N–H and O–H groups in total. The van der Waals surface area contributed by atoms with E-state index in [-0.39, 0.29) is 30.4 Å². The molecule has 9 nitrogen and oxygen atoms in total. The summed E-state index contributed by atoms with van der Waals surface area (Å²) < 4.78 is 24.7. The van der Waals surface area contributed by atoms with Gasteiger partial charge in [-0.1, -0.05) is 72.8 Å². The van der Waals surface area contributed by atoms with Crippen molar-refractivity contribution in [2.24, 2.45) is 17.8 Å². The van der Waals surface area contributed by atoms with E-state index < -0.39 is 6.29 Å². The maximum absolute atomic E-state index is 13.3. The molecule has 4 saturated carbocycles. The third kappa shape index (κ3) is 7.79. The van der Waals surface area contributed by atoms with E-state index in [4.69, 9.17) is 18.9 Å². The van der Waals surface area contributed by atoms with Crippen molar-refractivity contribution in [3.8, 4) is 22.6 Å². The Morgan fingerprint density at radius 2 is 1.48 bits per heavy atom. The van der Waals surface area contributed by atoms with Crippen LogP contribution < -0.4 is 20.1 Å². The molecule has 56 heavy (non-hydrogen) atoms. The van der Waals surface area contributed by atoms with Gasteiger partial charge in [0, 0.05) is 43.7 Å². The van der Waals surface area contributed by atoms with Gasteiger partial charge >= 0.3 is 6.03 Å². The maximum Gasteiger partial charge on any atom is 0.315 e. The Morgan fingerprint density at radius 3 is 2.16 bits per heavy atom. The largest absolute Gasteiger partial charge is 0.493 e. The molecule has 4 aromatic carbocycles. The molecule has 10 rings (SSSR count). The van der Waals surface area contributed by atoms with Gasteiger partial charge in [-0.15, -0.1) is 0 Å². The molecule has 1 saturated heterocycles. The summed E-state index contributed by atoms with van der Waals surface area (Å²) >= 11 is 0. The molecule has 4 aliphatic carbocycles. The van der Waals surface area contributed by atoms with Gasteiger partial charge in [0.05, 0.1) is 33.0 Å². The second-order valence-electron chi connectivity index (χ2n) is 17.1. The molecule has 0 spiro atoms. The minimum Gasteiger partial charge on any atom is -0.493 e. The molecule has 2 heterocycles. The van der Waals surface area contributed by atoms with Gasteiger partial charge in [0.15, 0.2) is 17.8 Å². The van der Waals surface area contributed by atoms with E-state index in [1.807, 2.05) is 18.2 Å². The Morgan fingerprint density at radius 1 is 0.821 bits per heavy atom. The second-order valence-corrected chi connectivity index (χ2v) is 17.1. The third-order valence-corrected chi connectivity index (χ3v) is 13.2. The van der Waals surface area contributed by atoms with Crippen molar-refractivity contribution in [1.82, 2.24) is 15.5 Å². The number of amides is 2. The highest BCUT2D eigenvalue weighted by Gasteiger charge is 2.51. The predicted octanol–water partition coefficient (Wildman–Crippen LogP) is 8.23. The summed E-state index contributed by atoms with van der Waals surface area (Å²) in [7, 11) is 3.36. The molecular formula is C47H55N3O6. The lowest BCUT2D eigenvalue weighted by atomic mass is 9.53. The first-order valence-electron chi connectivity index (χ1n) is 20.6. The van der Waals surface area contributed by atoms with Crippen LogP contribution in [-0.4, -0.2) is 55.0 Å². The minimum absolute atomic E-state index is 0.00777. The second kappa shape index (κ2) is 15.9. The highest BCUT2D eigenvalue weighted by molar-refractivity contribution is 5.76. The van der Waals surface area contributed by atoms with Crippen LogP contribution in [0.15, 0.2) is 84.9 Å². The van der Waals surface area contributed by atoms with Crippen LogP contribution in [0.3, 0.4) is 0 Å². The van der Waals surface area contributed by atoms with Gasteiger partial charge in [-0.25, -0.2) is 4.79 Å². The van der Waals surface area contributed by atoms with Crippen molar-refractivity contribution in [2.45, 2.75) is 95.1 Å². The van der Waals surface area contributed by atoms with E-state index in [1.54, 1.807) is 14.2 Å². The number of fused-ring (bicyclic) bond motifs is 1.